The van der Waals surface area contributed by atoms with Gasteiger partial charge in [-0.05, 0) is 32.9 Å². The van der Waals surface area contributed by atoms with E-state index in [1.54, 1.807) is 40.0 Å². The van der Waals surface area contributed by atoms with Gasteiger partial charge in [0.05, 0.1) is 25.2 Å². The van der Waals surface area contributed by atoms with Crippen LogP contribution in [0.3, 0.4) is 0 Å². The number of ether oxygens (including phenoxy) is 3. The molecule has 2 aromatic carbocycles. The molecule has 0 aromatic heterocycles. The molecule has 0 saturated carbocycles. The Kier molecular flexibility index (Phi) is 7.85. The zero-order chi connectivity index (χ0) is 27.7. The van der Waals surface area contributed by atoms with Gasteiger partial charge in [0.1, 0.15) is 35.2 Å². The van der Waals surface area contributed by atoms with Crippen molar-refractivity contribution in [3.8, 4) is 17.2 Å². The minimum atomic E-state index is -1.46. The van der Waals surface area contributed by atoms with Crippen LogP contribution >= 0.6 is 0 Å². The molecule has 0 spiro atoms. The lowest BCUT2D eigenvalue weighted by molar-refractivity contribution is -0.137. The molecule has 9 nitrogen and oxygen atoms in total. The van der Waals surface area contributed by atoms with Crippen molar-refractivity contribution < 1.29 is 38.4 Å². The summed E-state index contributed by atoms with van der Waals surface area (Å²) < 4.78 is 32.1. The highest BCUT2D eigenvalue weighted by Crippen LogP contribution is 2.51. The number of phenols is 1. The SMILES string of the molecule is Cc1c(F)cccc1OCC1(C)Oc2cc(N3CCOCC3)cc(O)c2C(=O)C1(C)CC(=O)N(C)CCO. The molecule has 2 N–H and O–H groups in total. The molecule has 1 saturated heterocycles. The summed E-state index contributed by atoms with van der Waals surface area (Å²) in [6.45, 7) is 6.91. The Morgan fingerprint density at radius 2 is 1.95 bits per heavy atom. The number of Topliss-reactive ketones (excluding diaryl/α,β-unsaturated/α-hetero) is 1. The standard InChI is InChI=1S/C28H35FN2O7/c1-18-20(29)6-5-7-22(18)37-17-28(3)27(2,16-24(34)30(4)8-11-32)26(35)25-21(33)14-19(15-23(25)38-28)31-9-12-36-13-10-31/h5-7,14-15,32-33H,8-13,16-17H2,1-4H3. The van der Waals surface area contributed by atoms with Crippen molar-refractivity contribution in [2.75, 3.05) is 58.0 Å². The van der Waals surface area contributed by atoms with Crippen molar-refractivity contribution >= 4 is 17.4 Å². The number of halogens is 1. The van der Waals surface area contributed by atoms with Crippen LogP contribution in [0, 0.1) is 18.2 Å². The average Bonchev–Trinajstić information content (AvgIpc) is 2.89. The molecule has 0 aliphatic carbocycles. The Labute approximate surface area is 221 Å². The fourth-order valence-corrected chi connectivity index (χ4v) is 4.90. The molecule has 38 heavy (non-hydrogen) atoms. The average molecular weight is 531 g/mol. The number of morpholine rings is 1. The molecular formula is C28H35FN2O7. The number of carbonyl (C=O) groups excluding carboxylic acids is 2. The molecule has 2 heterocycles. The summed E-state index contributed by atoms with van der Waals surface area (Å²) in [5.74, 6) is -1.02. The maximum atomic E-state index is 14.2. The number of benzene rings is 2. The number of ketones is 1. The minimum Gasteiger partial charge on any atom is -0.507 e. The van der Waals surface area contributed by atoms with Crippen molar-refractivity contribution in [2.24, 2.45) is 5.41 Å². The molecule has 1 amide bonds. The molecule has 2 aromatic rings. The fourth-order valence-electron chi connectivity index (χ4n) is 4.90. The highest BCUT2D eigenvalue weighted by Gasteiger charge is 2.58. The molecule has 0 radical (unpaired) electrons. The molecule has 0 bridgehead atoms. The van der Waals surface area contributed by atoms with Gasteiger partial charge in [0.15, 0.2) is 11.4 Å². The normalized spacial score (nSPS) is 23.0. The van der Waals surface area contributed by atoms with E-state index in [2.05, 4.69) is 0 Å². The summed E-state index contributed by atoms with van der Waals surface area (Å²) in [6.07, 6.45) is -0.256. The van der Waals surface area contributed by atoms with Crippen LogP contribution in [0.15, 0.2) is 30.3 Å². The topological polar surface area (TPSA) is 109 Å². The summed E-state index contributed by atoms with van der Waals surface area (Å²) in [4.78, 5) is 30.6. The second kappa shape index (κ2) is 10.8. The van der Waals surface area contributed by atoms with Gasteiger partial charge in [-0.3, -0.25) is 9.59 Å². The molecule has 4 rings (SSSR count). The number of aliphatic hydroxyl groups is 1. The Bertz CT molecular complexity index is 1220. The van der Waals surface area contributed by atoms with E-state index in [1.807, 2.05) is 4.90 Å². The Balaban J connectivity index is 1.75. The number of aromatic hydroxyl groups is 1. The van der Waals surface area contributed by atoms with Crippen molar-refractivity contribution in [3.05, 3.63) is 47.3 Å². The van der Waals surface area contributed by atoms with Crippen LogP contribution in [0.5, 0.6) is 17.2 Å². The summed E-state index contributed by atoms with van der Waals surface area (Å²) in [5, 5.41) is 20.3. The van der Waals surface area contributed by atoms with E-state index in [0.717, 1.165) is 0 Å². The molecule has 2 aliphatic heterocycles. The predicted molar refractivity (Wildman–Crippen MR) is 139 cm³/mol. The van der Waals surface area contributed by atoms with Gasteiger partial charge in [0.2, 0.25) is 5.91 Å². The van der Waals surface area contributed by atoms with Gasteiger partial charge in [0.25, 0.3) is 0 Å². The zero-order valence-electron chi connectivity index (χ0n) is 22.3. The molecule has 2 atom stereocenters. The third-order valence-electron chi connectivity index (χ3n) is 7.76. The van der Waals surface area contributed by atoms with E-state index in [9.17, 15) is 24.2 Å². The van der Waals surface area contributed by atoms with Gasteiger partial charge in [0, 0.05) is 56.5 Å². The number of phenolic OH excluding ortho intramolecular Hbond substituents is 1. The number of rotatable bonds is 8. The third kappa shape index (κ3) is 5.02. The zero-order valence-corrected chi connectivity index (χ0v) is 22.3. The van der Waals surface area contributed by atoms with Crippen LogP contribution in [-0.4, -0.2) is 85.5 Å². The summed E-state index contributed by atoms with van der Waals surface area (Å²) >= 11 is 0. The fraction of sp³-hybridized carbons (Fsp3) is 0.500. The number of aliphatic hydroxyl groups excluding tert-OH is 1. The number of anilines is 1. The van der Waals surface area contributed by atoms with E-state index < -0.39 is 22.6 Å². The van der Waals surface area contributed by atoms with E-state index in [-0.39, 0.29) is 49.1 Å². The summed E-state index contributed by atoms with van der Waals surface area (Å²) in [5.41, 5.74) is -1.83. The van der Waals surface area contributed by atoms with Crippen LogP contribution in [0.25, 0.3) is 0 Å². The van der Waals surface area contributed by atoms with E-state index in [1.165, 1.54) is 23.1 Å². The Hall–Kier alpha value is -3.37. The molecule has 2 aliphatic rings. The van der Waals surface area contributed by atoms with Crippen molar-refractivity contribution in [2.45, 2.75) is 32.8 Å². The van der Waals surface area contributed by atoms with E-state index in [0.29, 0.717) is 43.3 Å². The summed E-state index contributed by atoms with van der Waals surface area (Å²) in [6, 6.07) is 7.72. The first-order valence-electron chi connectivity index (χ1n) is 12.7. The molecule has 2 unspecified atom stereocenters. The van der Waals surface area contributed by atoms with Gasteiger partial charge in [-0.1, -0.05) is 6.07 Å². The van der Waals surface area contributed by atoms with Gasteiger partial charge in [-0.15, -0.1) is 0 Å². The third-order valence-corrected chi connectivity index (χ3v) is 7.76. The second-order valence-corrected chi connectivity index (χ2v) is 10.3. The maximum Gasteiger partial charge on any atom is 0.223 e. The number of carbonyl (C=O) groups is 2. The Morgan fingerprint density at radius 3 is 2.63 bits per heavy atom. The molecule has 206 valence electrons. The van der Waals surface area contributed by atoms with Crippen LogP contribution in [0.2, 0.25) is 0 Å². The lowest BCUT2D eigenvalue weighted by atomic mass is 9.65. The Morgan fingerprint density at radius 1 is 1.24 bits per heavy atom. The van der Waals surface area contributed by atoms with E-state index >= 15 is 0 Å². The summed E-state index contributed by atoms with van der Waals surface area (Å²) in [7, 11) is 1.54. The van der Waals surface area contributed by atoms with Crippen LogP contribution in [0.1, 0.15) is 36.2 Å². The first-order valence-corrected chi connectivity index (χ1v) is 12.7. The lowest BCUT2D eigenvalue weighted by Gasteiger charge is -2.48. The predicted octanol–water partition coefficient (Wildman–Crippen LogP) is 2.94. The van der Waals surface area contributed by atoms with Crippen molar-refractivity contribution in [1.29, 1.82) is 0 Å². The minimum absolute atomic E-state index is 0.00142. The largest absolute Gasteiger partial charge is 0.507 e. The molecule has 10 heteroatoms. The first-order chi connectivity index (χ1) is 18.0. The van der Waals surface area contributed by atoms with Crippen LogP contribution in [-0.2, 0) is 9.53 Å². The van der Waals surface area contributed by atoms with Crippen molar-refractivity contribution in [1.82, 2.24) is 4.90 Å². The van der Waals surface area contributed by atoms with Gasteiger partial charge < -0.3 is 34.2 Å². The van der Waals surface area contributed by atoms with Gasteiger partial charge in [-0.25, -0.2) is 4.39 Å². The van der Waals surface area contributed by atoms with Crippen molar-refractivity contribution in [3.63, 3.8) is 0 Å². The highest BCUT2D eigenvalue weighted by molar-refractivity contribution is 6.08. The number of nitrogens with zero attached hydrogens (tertiary/aromatic N) is 2. The quantitative estimate of drug-likeness (QED) is 0.537. The number of fused-ring (bicyclic) bond motifs is 1. The van der Waals surface area contributed by atoms with Crippen LogP contribution < -0.4 is 14.4 Å². The molecular weight excluding hydrogens is 495 g/mol. The van der Waals surface area contributed by atoms with Crippen LogP contribution in [0.4, 0.5) is 10.1 Å². The maximum absolute atomic E-state index is 14.2. The second-order valence-electron chi connectivity index (χ2n) is 10.3. The number of hydrogen-bond donors (Lipinski definition) is 2. The number of hydrogen-bond acceptors (Lipinski definition) is 8. The van der Waals surface area contributed by atoms with Gasteiger partial charge in [-0.2, -0.15) is 0 Å². The lowest BCUT2D eigenvalue weighted by Crippen LogP contribution is -2.61. The smallest absolute Gasteiger partial charge is 0.223 e. The number of likely N-dealkylation sites (N-methyl/N-ethyl adjacent to an activating group) is 1. The molecule has 1 fully saturated rings. The first kappa shape index (κ1) is 27.7. The van der Waals surface area contributed by atoms with E-state index in [4.69, 9.17) is 14.2 Å². The van der Waals surface area contributed by atoms with Gasteiger partial charge >= 0.3 is 0 Å². The monoisotopic (exact) mass is 530 g/mol. The highest BCUT2D eigenvalue weighted by atomic mass is 19.1. The number of amides is 1.